The smallest absolute Gasteiger partial charge is 0.309 e. The maximum absolute atomic E-state index is 11.9. The highest BCUT2D eigenvalue weighted by Gasteiger charge is 2.19. The second kappa shape index (κ2) is 7.62. The standard InChI is InChI=1S/C17H21NO3/c1-13-8-4-2-7-11-16(19)18-15(12-21-17(13)20)14-9-5-3-6-10-14/h2-6,9-10,13,15H,7-8,11-12H2,1H3,(H,18,19)/t13-,15+/m1/s1. The van der Waals surface area contributed by atoms with Gasteiger partial charge >= 0.3 is 5.97 Å². The Labute approximate surface area is 125 Å². The van der Waals surface area contributed by atoms with E-state index in [1.54, 1.807) is 0 Å². The summed E-state index contributed by atoms with van der Waals surface area (Å²) in [7, 11) is 0. The third-order valence-electron chi connectivity index (χ3n) is 3.53. The van der Waals surface area contributed by atoms with Gasteiger partial charge in [0, 0.05) is 6.42 Å². The molecule has 0 bridgehead atoms. The number of allylic oxidation sites excluding steroid dienone is 2. The van der Waals surface area contributed by atoms with Crippen LogP contribution >= 0.6 is 0 Å². The number of ether oxygens (including phenoxy) is 1. The first-order chi connectivity index (χ1) is 10.2. The number of amides is 1. The number of rotatable bonds is 1. The molecule has 4 heteroatoms. The SMILES string of the molecule is C[C@@H]1CC=CCCC(=O)N[C@H](c2ccccc2)COC1=O. The van der Waals surface area contributed by atoms with E-state index >= 15 is 0 Å². The van der Waals surface area contributed by atoms with E-state index in [1.807, 2.05) is 49.4 Å². The summed E-state index contributed by atoms with van der Waals surface area (Å²) in [5.74, 6) is -0.415. The molecule has 1 aromatic carbocycles. The Morgan fingerprint density at radius 3 is 2.67 bits per heavy atom. The number of carbonyl (C=O) groups excluding carboxylic acids is 2. The van der Waals surface area contributed by atoms with E-state index in [1.165, 1.54) is 0 Å². The lowest BCUT2D eigenvalue weighted by Crippen LogP contribution is -2.32. The molecule has 4 nitrogen and oxygen atoms in total. The number of esters is 1. The minimum absolute atomic E-state index is 0.0295. The van der Waals surface area contributed by atoms with Crippen molar-refractivity contribution < 1.29 is 14.3 Å². The molecule has 0 aromatic heterocycles. The normalized spacial score (nSPS) is 24.4. The van der Waals surface area contributed by atoms with Gasteiger partial charge in [0.15, 0.2) is 0 Å². The molecule has 1 aliphatic heterocycles. The predicted molar refractivity (Wildman–Crippen MR) is 80.4 cm³/mol. The van der Waals surface area contributed by atoms with Crippen LogP contribution in [0.15, 0.2) is 42.5 Å². The molecule has 2 rings (SSSR count). The fourth-order valence-electron chi connectivity index (χ4n) is 2.21. The van der Waals surface area contributed by atoms with Gasteiger partial charge in [0.05, 0.1) is 12.0 Å². The van der Waals surface area contributed by atoms with Crippen LogP contribution in [0.4, 0.5) is 0 Å². The number of nitrogens with one attached hydrogen (secondary N) is 1. The van der Waals surface area contributed by atoms with Crippen molar-refractivity contribution >= 4 is 11.9 Å². The quantitative estimate of drug-likeness (QED) is 0.638. The van der Waals surface area contributed by atoms with Gasteiger partial charge < -0.3 is 10.1 Å². The average Bonchev–Trinajstić information content (AvgIpc) is 2.50. The fraction of sp³-hybridized carbons (Fsp3) is 0.412. The van der Waals surface area contributed by atoms with Crippen LogP contribution in [0, 0.1) is 5.92 Å². The van der Waals surface area contributed by atoms with Gasteiger partial charge in [-0.1, -0.05) is 49.4 Å². The van der Waals surface area contributed by atoms with Crippen LogP contribution in [-0.2, 0) is 14.3 Å². The summed E-state index contributed by atoms with van der Waals surface area (Å²) in [5, 5.41) is 2.94. The first-order valence-electron chi connectivity index (χ1n) is 7.32. The van der Waals surface area contributed by atoms with Gasteiger partial charge in [0.25, 0.3) is 0 Å². The van der Waals surface area contributed by atoms with Crippen molar-refractivity contribution in [3.05, 3.63) is 48.0 Å². The Kier molecular flexibility index (Phi) is 5.55. The highest BCUT2D eigenvalue weighted by Crippen LogP contribution is 2.16. The molecule has 1 aromatic rings. The van der Waals surface area contributed by atoms with Crippen LogP contribution in [-0.4, -0.2) is 18.5 Å². The van der Waals surface area contributed by atoms with Crippen molar-refractivity contribution in [2.75, 3.05) is 6.61 Å². The summed E-state index contributed by atoms with van der Waals surface area (Å²) in [6, 6.07) is 9.29. The molecule has 1 amide bonds. The Morgan fingerprint density at radius 1 is 1.14 bits per heavy atom. The Hall–Kier alpha value is -2.10. The van der Waals surface area contributed by atoms with Crippen LogP contribution in [0.5, 0.6) is 0 Å². The lowest BCUT2D eigenvalue weighted by atomic mass is 10.1. The maximum Gasteiger partial charge on any atom is 0.309 e. The van der Waals surface area contributed by atoms with Gasteiger partial charge in [-0.15, -0.1) is 0 Å². The van der Waals surface area contributed by atoms with Crippen LogP contribution < -0.4 is 5.32 Å². The summed E-state index contributed by atoms with van der Waals surface area (Å²) < 4.78 is 5.35. The number of carbonyl (C=O) groups is 2. The van der Waals surface area contributed by atoms with E-state index in [2.05, 4.69) is 5.32 Å². The number of benzene rings is 1. The molecule has 0 spiro atoms. The monoisotopic (exact) mass is 287 g/mol. The summed E-state index contributed by atoms with van der Waals surface area (Å²) in [6.07, 6.45) is 5.67. The number of hydrogen-bond acceptors (Lipinski definition) is 3. The number of cyclic esters (lactones) is 1. The van der Waals surface area contributed by atoms with Crippen LogP contribution in [0.3, 0.4) is 0 Å². The summed E-state index contributed by atoms with van der Waals surface area (Å²) in [5.41, 5.74) is 0.943. The third kappa shape index (κ3) is 4.74. The summed E-state index contributed by atoms with van der Waals surface area (Å²) in [6.45, 7) is 2.02. The van der Waals surface area contributed by atoms with E-state index in [4.69, 9.17) is 4.74 Å². The largest absolute Gasteiger partial charge is 0.463 e. The lowest BCUT2D eigenvalue weighted by molar-refractivity contribution is -0.149. The minimum atomic E-state index is -0.293. The molecule has 0 saturated heterocycles. The van der Waals surface area contributed by atoms with Gasteiger partial charge in [-0.2, -0.15) is 0 Å². The first-order valence-corrected chi connectivity index (χ1v) is 7.32. The summed E-state index contributed by atoms with van der Waals surface area (Å²) in [4.78, 5) is 23.9. The molecular formula is C17H21NO3. The molecule has 0 fully saturated rings. The van der Waals surface area contributed by atoms with Crippen molar-refractivity contribution in [1.82, 2.24) is 5.32 Å². The van der Waals surface area contributed by atoms with Gasteiger partial charge in [0.2, 0.25) is 5.91 Å². The fourth-order valence-corrected chi connectivity index (χ4v) is 2.21. The van der Waals surface area contributed by atoms with Crippen molar-refractivity contribution in [1.29, 1.82) is 0 Å². The zero-order chi connectivity index (χ0) is 15.1. The highest BCUT2D eigenvalue weighted by atomic mass is 16.5. The summed E-state index contributed by atoms with van der Waals surface area (Å²) >= 11 is 0. The zero-order valence-corrected chi connectivity index (χ0v) is 12.2. The molecule has 0 radical (unpaired) electrons. The van der Waals surface area contributed by atoms with Gasteiger partial charge in [-0.25, -0.2) is 0 Å². The number of hydrogen-bond donors (Lipinski definition) is 1. The van der Waals surface area contributed by atoms with Crippen LogP contribution in [0.1, 0.15) is 37.8 Å². The highest BCUT2D eigenvalue weighted by molar-refractivity contribution is 5.77. The van der Waals surface area contributed by atoms with Crippen LogP contribution in [0.2, 0.25) is 0 Å². The van der Waals surface area contributed by atoms with Gasteiger partial charge in [-0.05, 0) is 18.4 Å². The van der Waals surface area contributed by atoms with E-state index in [-0.39, 0.29) is 30.4 Å². The molecule has 1 N–H and O–H groups in total. The molecule has 0 unspecified atom stereocenters. The topological polar surface area (TPSA) is 55.4 Å². The Bertz CT molecular complexity index is 510. The average molecular weight is 287 g/mol. The van der Waals surface area contributed by atoms with E-state index in [0.717, 1.165) is 5.56 Å². The van der Waals surface area contributed by atoms with Crippen molar-refractivity contribution in [3.8, 4) is 0 Å². The predicted octanol–water partition coefficient (Wildman–Crippen LogP) is 2.76. The van der Waals surface area contributed by atoms with E-state index in [9.17, 15) is 9.59 Å². The molecule has 2 atom stereocenters. The molecule has 0 aliphatic carbocycles. The van der Waals surface area contributed by atoms with Crippen molar-refractivity contribution in [3.63, 3.8) is 0 Å². The van der Waals surface area contributed by atoms with Crippen molar-refractivity contribution in [2.24, 2.45) is 5.92 Å². The molecular weight excluding hydrogens is 266 g/mol. The first kappa shape index (κ1) is 15.3. The Balaban J connectivity index is 2.13. The van der Waals surface area contributed by atoms with E-state index < -0.39 is 0 Å². The van der Waals surface area contributed by atoms with Crippen LogP contribution in [0.25, 0.3) is 0 Å². The maximum atomic E-state index is 11.9. The molecule has 0 saturated carbocycles. The second-order valence-corrected chi connectivity index (χ2v) is 5.31. The van der Waals surface area contributed by atoms with E-state index in [0.29, 0.717) is 19.3 Å². The molecule has 112 valence electrons. The molecule has 1 aliphatic rings. The zero-order valence-electron chi connectivity index (χ0n) is 12.2. The molecule has 1 heterocycles. The third-order valence-corrected chi connectivity index (χ3v) is 3.53. The second-order valence-electron chi connectivity index (χ2n) is 5.31. The van der Waals surface area contributed by atoms with Crippen molar-refractivity contribution in [2.45, 2.75) is 32.2 Å². The van der Waals surface area contributed by atoms with Gasteiger partial charge in [0.1, 0.15) is 6.61 Å². The van der Waals surface area contributed by atoms with Gasteiger partial charge in [-0.3, -0.25) is 9.59 Å². The minimum Gasteiger partial charge on any atom is -0.463 e. The lowest BCUT2D eigenvalue weighted by Gasteiger charge is -2.20. The Morgan fingerprint density at radius 2 is 1.90 bits per heavy atom. The molecule has 21 heavy (non-hydrogen) atoms.